The minimum Gasteiger partial charge on any atom is -0.423 e. The average Bonchev–Trinajstić information content (AvgIpc) is 2.91. The maximum Gasteiger partial charge on any atom is 0.488 e. The fourth-order valence-electron chi connectivity index (χ4n) is 2.45. The second kappa shape index (κ2) is 4.57. The van der Waals surface area contributed by atoms with E-state index in [1.165, 1.54) is 0 Å². The molecular weight excluding hydrogens is 247 g/mol. The van der Waals surface area contributed by atoms with Crippen molar-refractivity contribution in [2.24, 2.45) is 0 Å². The molecule has 0 radical (unpaired) electrons. The van der Waals surface area contributed by atoms with Crippen molar-refractivity contribution in [3.05, 3.63) is 29.8 Å². The fourth-order valence-corrected chi connectivity index (χ4v) is 2.45. The Labute approximate surface area is 112 Å². The molecule has 2 bridgehead atoms. The second-order valence-electron chi connectivity index (χ2n) is 5.43. The minimum absolute atomic E-state index is 0.301. The van der Waals surface area contributed by atoms with Crippen LogP contribution in [0.1, 0.15) is 18.9 Å². The van der Waals surface area contributed by atoms with Gasteiger partial charge in [-0.3, -0.25) is 0 Å². The van der Waals surface area contributed by atoms with Crippen molar-refractivity contribution in [2.45, 2.75) is 31.3 Å². The second-order valence-corrected chi connectivity index (χ2v) is 5.43. The van der Waals surface area contributed by atoms with Gasteiger partial charge in [-0.25, -0.2) is 0 Å². The summed E-state index contributed by atoms with van der Waals surface area (Å²) in [6, 6.07) is 7.14. The van der Waals surface area contributed by atoms with Gasteiger partial charge >= 0.3 is 7.12 Å². The van der Waals surface area contributed by atoms with Crippen molar-refractivity contribution in [3.63, 3.8) is 0 Å². The number of aryl methyl sites for hydroxylation is 1. The Hall–Kier alpha value is -0.915. The largest absolute Gasteiger partial charge is 0.488 e. The number of rotatable bonds is 4. The highest BCUT2D eigenvalue weighted by Gasteiger charge is 2.56. The van der Waals surface area contributed by atoms with Crippen molar-refractivity contribution >= 4 is 12.6 Å². The molecule has 3 rings (SSSR count). The summed E-state index contributed by atoms with van der Waals surface area (Å²) in [5, 5.41) is 18.1. The summed E-state index contributed by atoms with van der Waals surface area (Å²) in [5.74, 6) is -0.885. The first-order valence-corrected chi connectivity index (χ1v) is 6.43. The van der Waals surface area contributed by atoms with Gasteiger partial charge in [0.25, 0.3) is 5.97 Å². The Kier molecular flexibility index (Phi) is 3.15. The molecule has 2 aliphatic rings. The SMILES string of the molecule is CC12COC(CCc3ccc(B(O)O)cc3)(OC1)O2. The van der Waals surface area contributed by atoms with Crippen LogP contribution in [0.25, 0.3) is 0 Å². The molecule has 2 heterocycles. The monoisotopic (exact) mass is 264 g/mol. The predicted molar refractivity (Wildman–Crippen MR) is 68.7 cm³/mol. The minimum atomic E-state index is -1.42. The molecule has 2 saturated heterocycles. The summed E-state index contributed by atoms with van der Waals surface area (Å²) in [6.07, 6.45) is 1.38. The molecule has 6 heteroatoms. The molecule has 19 heavy (non-hydrogen) atoms. The van der Waals surface area contributed by atoms with Crippen LogP contribution >= 0.6 is 0 Å². The van der Waals surface area contributed by atoms with E-state index in [9.17, 15) is 0 Å². The van der Waals surface area contributed by atoms with Crippen LogP contribution < -0.4 is 5.46 Å². The van der Waals surface area contributed by atoms with E-state index in [1.807, 2.05) is 19.1 Å². The average molecular weight is 264 g/mol. The normalized spacial score (nSPS) is 32.8. The fraction of sp³-hybridized carbons (Fsp3) is 0.538. The van der Waals surface area contributed by atoms with Crippen molar-refractivity contribution in [1.82, 2.24) is 0 Å². The Morgan fingerprint density at radius 2 is 1.79 bits per heavy atom. The molecule has 102 valence electrons. The molecule has 0 spiro atoms. The van der Waals surface area contributed by atoms with E-state index in [4.69, 9.17) is 24.3 Å². The van der Waals surface area contributed by atoms with Crippen LogP contribution in [0.3, 0.4) is 0 Å². The van der Waals surface area contributed by atoms with E-state index in [-0.39, 0.29) is 5.60 Å². The zero-order chi connectivity index (χ0) is 13.5. The maximum atomic E-state index is 9.03. The lowest BCUT2D eigenvalue weighted by atomic mass is 9.80. The van der Waals surface area contributed by atoms with Gasteiger partial charge in [0.1, 0.15) is 5.60 Å². The summed E-state index contributed by atoms with van der Waals surface area (Å²) in [4.78, 5) is 0. The zero-order valence-corrected chi connectivity index (χ0v) is 10.8. The Bertz CT molecular complexity index is 451. The topological polar surface area (TPSA) is 68.2 Å². The van der Waals surface area contributed by atoms with Gasteiger partial charge in [-0.2, -0.15) is 0 Å². The van der Waals surface area contributed by atoms with E-state index in [1.54, 1.807) is 12.1 Å². The number of hydrogen-bond acceptors (Lipinski definition) is 5. The van der Waals surface area contributed by atoms with Gasteiger partial charge in [0, 0.05) is 6.42 Å². The van der Waals surface area contributed by atoms with Gasteiger partial charge in [-0.05, 0) is 24.4 Å². The lowest BCUT2D eigenvalue weighted by Gasteiger charge is -2.23. The van der Waals surface area contributed by atoms with E-state index in [2.05, 4.69) is 0 Å². The highest BCUT2D eigenvalue weighted by molar-refractivity contribution is 6.58. The molecule has 0 aliphatic carbocycles. The highest BCUT2D eigenvalue weighted by atomic mass is 16.9. The van der Waals surface area contributed by atoms with E-state index < -0.39 is 13.1 Å². The molecule has 0 unspecified atom stereocenters. The molecule has 0 aromatic heterocycles. The number of hydrogen-bond donors (Lipinski definition) is 2. The van der Waals surface area contributed by atoms with Crippen LogP contribution in [0.2, 0.25) is 0 Å². The number of ether oxygens (including phenoxy) is 3. The highest BCUT2D eigenvalue weighted by Crippen LogP contribution is 2.42. The van der Waals surface area contributed by atoms with Crippen LogP contribution in [0.15, 0.2) is 24.3 Å². The molecular formula is C13H17BO5. The van der Waals surface area contributed by atoms with Gasteiger partial charge in [0.05, 0.1) is 13.2 Å². The third-order valence-electron chi connectivity index (χ3n) is 3.59. The number of fused-ring (bicyclic) bond motifs is 2. The first-order valence-electron chi connectivity index (χ1n) is 6.43. The molecule has 1 aromatic carbocycles. The van der Waals surface area contributed by atoms with Crippen LogP contribution in [-0.2, 0) is 20.6 Å². The molecule has 2 aliphatic heterocycles. The molecule has 0 atom stereocenters. The van der Waals surface area contributed by atoms with Gasteiger partial charge in [0.2, 0.25) is 0 Å². The first-order chi connectivity index (χ1) is 9.00. The summed E-state index contributed by atoms with van der Waals surface area (Å²) < 4.78 is 17.0. The van der Waals surface area contributed by atoms with Crippen LogP contribution in [0, 0.1) is 0 Å². The molecule has 5 nitrogen and oxygen atoms in total. The van der Waals surface area contributed by atoms with E-state index in [0.717, 1.165) is 12.0 Å². The van der Waals surface area contributed by atoms with Crippen molar-refractivity contribution < 1.29 is 24.3 Å². The summed E-state index contributed by atoms with van der Waals surface area (Å²) in [7, 11) is -1.42. The summed E-state index contributed by atoms with van der Waals surface area (Å²) in [5.41, 5.74) is 1.26. The molecule has 1 aromatic rings. The first kappa shape index (κ1) is 13.1. The molecule has 2 N–H and O–H groups in total. The van der Waals surface area contributed by atoms with Gasteiger partial charge in [0.15, 0.2) is 0 Å². The number of benzene rings is 1. The molecule has 0 amide bonds. The lowest BCUT2D eigenvalue weighted by molar-refractivity contribution is -0.301. The molecule has 2 fully saturated rings. The van der Waals surface area contributed by atoms with Gasteiger partial charge in [-0.1, -0.05) is 24.3 Å². The van der Waals surface area contributed by atoms with Crippen molar-refractivity contribution in [2.75, 3.05) is 13.2 Å². The van der Waals surface area contributed by atoms with Crippen molar-refractivity contribution in [3.8, 4) is 0 Å². The Morgan fingerprint density at radius 1 is 1.16 bits per heavy atom. The van der Waals surface area contributed by atoms with Crippen LogP contribution in [0.5, 0.6) is 0 Å². The summed E-state index contributed by atoms with van der Waals surface area (Å²) in [6.45, 7) is 3.13. The molecule has 0 saturated carbocycles. The third-order valence-corrected chi connectivity index (χ3v) is 3.59. The zero-order valence-electron chi connectivity index (χ0n) is 10.8. The lowest BCUT2D eigenvalue weighted by Crippen LogP contribution is -2.34. The van der Waals surface area contributed by atoms with E-state index in [0.29, 0.717) is 25.1 Å². The van der Waals surface area contributed by atoms with Crippen LogP contribution in [0.4, 0.5) is 0 Å². The Morgan fingerprint density at radius 3 is 2.26 bits per heavy atom. The Balaban J connectivity index is 1.61. The quantitative estimate of drug-likeness (QED) is 0.736. The summed E-state index contributed by atoms with van der Waals surface area (Å²) >= 11 is 0. The van der Waals surface area contributed by atoms with Gasteiger partial charge in [-0.15, -0.1) is 0 Å². The maximum absolute atomic E-state index is 9.03. The van der Waals surface area contributed by atoms with Crippen LogP contribution in [-0.4, -0.2) is 42.0 Å². The van der Waals surface area contributed by atoms with Crippen molar-refractivity contribution in [1.29, 1.82) is 0 Å². The third kappa shape index (κ3) is 2.54. The van der Waals surface area contributed by atoms with E-state index >= 15 is 0 Å². The smallest absolute Gasteiger partial charge is 0.423 e. The predicted octanol–water partition coefficient (Wildman–Crippen LogP) is -0.212. The van der Waals surface area contributed by atoms with Gasteiger partial charge < -0.3 is 24.3 Å². The standard InChI is InChI=1S/C13H17BO5/c1-12-8-17-13(19-12,18-9-12)7-6-10-2-4-11(5-3-10)14(15)16/h2-5,15-16H,6-9H2,1H3.